The number of nitrogens with zero attached hydrogens (tertiary/aromatic N) is 2. The van der Waals surface area contributed by atoms with Gasteiger partial charge in [0.15, 0.2) is 0 Å². The number of carbonyl (C=O) groups is 1. The Hall–Kier alpha value is -3.49. The van der Waals surface area contributed by atoms with Gasteiger partial charge in [0.25, 0.3) is 0 Å². The third kappa shape index (κ3) is 5.40. The summed E-state index contributed by atoms with van der Waals surface area (Å²) < 4.78 is 85.4. The summed E-state index contributed by atoms with van der Waals surface area (Å²) in [6.45, 7) is 1.56. The Kier molecular flexibility index (Phi) is 6.20. The molecule has 3 rings (SSSR count). The average molecular weight is 458 g/mol. The molecule has 0 bridgehead atoms. The normalized spacial score (nSPS) is 13.9. The van der Waals surface area contributed by atoms with E-state index in [1.54, 1.807) is 6.92 Å². The van der Waals surface area contributed by atoms with Gasteiger partial charge in [0.2, 0.25) is 5.91 Å². The molecule has 0 unspecified atom stereocenters. The van der Waals surface area contributed by atoms with Crippen LogP contribution in [0.25, 0.3) is 0 Å². The zero-order valence-electron chi connectivity index (χ0n) is 16.5. The number of aromatic nitrogens is 1. The Balaban J connectivity index is 2.13. The van der Waals surface area contributed by atoms with E-state index >= 15 is 0 Å². The number of benzene rings is 1. The van der Waals surface area contributed by atoms with Crippen molar-refractivity contribution in [2.45, 2.75) is 44.6 Å². The minimum Gasteiger partial charge on any atom is -0.490 e. The van der Waals surface area contributed by atoms with Gasteiger partial charge in [-0.05, 0) is 31.0 Å². The third-order valence-corrected chi connectivity index (χ3v) is 4.39. The molecule has 6 nitrogen and oxygen atoms in total. The summed E-state index contributed by atoms with van der Waals surface area (Å²) in [5, 5.41) is 14.1. The van der Waals surface area contributed by atoms with Crippen molar-refractivity contribution in [3.05, 3.63) is 41.1 Å². The van der Waals surface area contributed by atoms with Crippen molar-refractivity contribution in [3.63, 3.8) is 0 Å². The molecule has 1 aliphatic carbocycles. The summed E-state index contributed by atoms with van der Waals surface area (Å²) in [7, 11) is 0. The maximum atomic E-state index is 13.4. The number of nitrogens with one attached hydrogen (secondary N) is 2. The maximum absolute atomic E-state index is 13.4. The van der Waals surface area contributed by atoms with E-state index < -0.39 is 40.9 Å². The minimum absolute atomic E-state index is 0.0443. The van der Waals surface area contributed by atoms with Crippen LogP contribution in [0, 0.1) is 11.3 Å². The molecule has 1 aromatic heterocycles. The highest BCUT2D eigenvalue weighted by atomic mass is 19.4. The molecule has 1 saturated carbocycles. The van der Waals surface area contributed by atoms with Crippen LogP contribution in [-0.2, 0) is 17.1 Å². The summed E-state index contributed by atoms with van der Waals surface area (Å²) in [5.74, 6) is -1.12. The summed E-state index contributed by atoms with van der Waals surface area (Å²) in [6, 6.07) is 5.25. The predicted octanol–water partition coefficient (Wildman–Crippen LogP) is 5.62. The summed E-state index contributed by atoms with van der Waals surface area (Å²) in [6.07, 6.45) is -8.79. The van der Waals surface area contributed by atoms with Gasteiger partial charge in [-0.15, -0.1) is 0 Å². The van der Waals surface area contributed by atoms with Crippen molar-refractivity contribution >= 4 is 23.1 Å². The van der Waals surface area contributed by atoms with Gasteiger partial charge < -0.3 is 15.4 Å². The van der Waals surface area contributed by atoms with Crippen LogP contribution in [0.2, 0.25) is 0 Å². The SMILES string of the molecule is CCC(=O)Nc1ccc(OC2CC2)cc1Nc1nc(C(F)(F)F)cc(C(F)(F)F)c1C#N. The van der Waals surface area contributed by atoms with Crippen LogP contribution in [-0.4, -0.2) is 17.0 Å². The van der Waals surface area contributed by atoms with Crippen LogP contribution in [0.15, 0.2) is 24.3 Å². The number of pyridine rings is 1. The molecule has 0 aliphatic heterocycles. The molecule has 32 heavy (non-hydrogen) atoms. The molecule has 0 atom stereocenters. The molecule has 0 saturated heterocycles. The molecule has 170 valence electrons. The van der Waals surface area contributed by atoms with E-state index in [2.05, 4.69) is 15.6 Å². The largest absolute Gasteiger partial charge is 0.490 e. The smallest absolute Gasteiger partial charge is 0.433 e. The lowest BCUT2D eigenvalue weighted by Crippen LogP contribution is -2.17. The number of ether oxygens (including phenoxy) is 1. The number of hydrogen-bond acceptors (Lipinski definition) is 5. The van der Waals surface area contributed by atoms with E-state index in [1.807, 2.05) is 0 Å². The van der Waals surface area contributed by atoms with Gasteiger partial charge in [-0.25, -0.2) is 4.98 Å². The number of amides is 1. The van der Waals surface area contributed by atoms with Gasteiger partial charge in [-0.2, -0.15) is 31.6 Å². The second kappa shape index (κ2) is 8.57. The van der Waals surface area contributed by atoms with E-state index in [1.165, 1.54) is 24.3 Å². The van der Waals surface area contributed by atoms with Crippen molar-refractivity contribution in [1.29, 1.82) is 5.26 Å². The zero-order chi connectivity index (χ0) is 23.7. The summed E-state index contributed by atoms with van der Waals surface area (Å²) >= 11 is 0. The molecule has 0 radical (unpaired) electrons. The maximum Gasteiger partial charge on any atom is 0.433 e. The van der Waals surface area contributed by atoms with E-state index in [0.717, 1.165) is 12.8 Å². The number of rotatable bonds is 6. The fourth-order valence-electron chi connectivity index (χ4n) is 2.67. The molecule has 0 spiro atoms. The molecule has 2 aromatic rings. The average Bonchev–Trinajstić information content (AvgIpc) is 3.51. The van der Waals surface area contributed by atoms with Gasteiger partial charge in [0.05, 0.1) is 23.0 Å². The Morgan fingerprint density at radius 3 is 2.38 bits per heavy atom. The first kappa shape index (κ1) is 23.2. The van der Waals surface area contributed by atoms with E-state index in [-0.39, 0.29) is 35.7 Å². The van der Waals surface area contributed by atoms with Crippen molar-refractivity contribution < 1.29 is 35.9 Å². The van der Waals surface area contributed by atoms with Crippen LogP contribution in [0.5, 0.6) is 5.75 Å². The van der Waals surface area contributed by atoms with Crippen LogP contribution in [0.1, 0.15) is 43.0 Å². The molecule has 1 aliphatic rings. The highest BCUT2D eigenvalue weighted by Gasteiger charge is 2.41. The fourth-order valence-corrected chi connectivity index (χ4v) is 2.67. The van der Waals surface area contributed by atoms with Crippen LogP contribution >= 0.6 is 0 Å². The molecular formula is C20H16F6N4O2. The van der Waals surface area contributed by atoms with Crippen molar-refractivity contribution in [2.24, 2.45) is 0 Å². The molecule has 1 heterocycles. The highest BCUT2D eigenvalue weighted by molar-refractivity contribution is 5.95. The van der Waals surface area contributed by atoms with Crippen LogP contribution < -0.4 is 15.4 Å². The van der Waals surface area contributed by atoms with Gasteiger partial charge in [0.1, 0.15) is 28.9 Å². The first-order valence-electron chi connectivity index (χ1n) is 9.39. The number of carbonyl (C=O) groups excluding carboxylic acids is 1. The lowest BCUT2D eigenvalue weighted by atomic mass is 10.1. The van der Waals surface area contributed by atoms with Gasteiger partial charge in [0, 0.05) is 12.5 Å². The van der Waals surface area contributed by atoms with Crippen molar-refractivity contribution in [3.8, 4) is 11.8 Å². The first-order chi connectivity index (χ1) is 14.9. The van der Waals surface area contributed by atoms with Crippen molar-refractivity contribution in [2.75, 3.05) is 10.6 Å². The lowest BCUT2D eigenvalue weighted by molar-refractivity contribution is -0.145. The molecule has 1 aromatic carbocycles. The molecule has 1 fully saturated rings. The monoisotopic (exact) mass is 458 g/mol. The quantitative estimate of drug-likeness (QED) is 0.549. The first-order valence-corrected chi connectivity index (χ1v) is 9.39. The Bertz CT molecular complexity index is 1070. The topological polar surface area (TPSA) is 87.0 Å². The fraction of sp³-hybridized carbons (Fsp3) is 0.350. The van der Waals surface area contributed by atoms with Gasteiger partial charge in [-0.3, -0.25) is 4.79 Å². The summed E-state index contributed by atoms with van der Waals surface area (Å²) in [5.41, 5.74) is -4.74. The third-order valence-electron chi connectivity index (χ3n) is 4.39. The Morgan fingerprint density at radius 1 is 1.16 bits per heavy atom. The highest BCUT2D eigenvalue weighted by Crippen LogP contribution is 2.40. The van der Waals surface area contributed by atoms with Gasteiger partial charge in [-0.1, -0.05) is 6.92 Å². The number of nitriles is 1. The summed E-state index contributed by atoms with van der Waals surface area (Å²) in [4.78, 5) is 15.0. The van der Waals surface area contributed by atoms with Crippen LogP contribution in [0.4, 0.5) is 43.5 Å². The molecule has 1 amide bonds. The second-order valence-corrected chi connectivity index (χ2v) is 6.94. The van der Waals surface area contributed by atoms with E-state index in [0.29, 0.717) is 0 Å². The predicted molar refractivity (Wildman–Crippen MR) is 101 cm³/mol. The van der Waals surface area contributed by atoms with Crippen LogP contribution in [0.3, 0.4) is 0 Å². The lowest BCUT2D eigenvalue weighted by Gasteiger charge is -2.19. The minimum atomic E-state index is -5.24. The number of hydrogen-bond donors (Lipinski definition) is 2. The van der Waals surface area contributed by atoms with E-state index in [4.69, 9.17) is 4.74 Å². The number of alkyl halides is 6. The Morgan fingerprint density at radius 2 is 1.84 bits per heavy atom. The number of halogens is 6. The zero-order valence-corrected chi connectivity index (χ0v) is 16.5. The molecular weight excluding hydrogens is 442 g/mol. The van der Waals surface area contributed by atoms with Crippen molar-refractivity contribution in [1.82, 2.24) is 4.98 Å². The van der Waals surface area contributed by atoms with E-state index in [9.17, 15) is 36.4 Å². The molecule has 2 N–H and O–H groups in total. The second-order valence-electron chi connectivity index (χ2n) is 6.94. The number of anilines is 3. The van der Waals surface area contributed by atoms with Gasteiger partial charge >= 0.3 is 12.4 Å². The standard InChI is InChI=1S/C20H16F6N4O2/c1-2-17(31)28-14-6-5-11(32-10-3-4-10)7-15(14)29-18-12(9-27)13(19(21,22)23)8-16(30-18)20(24,25)26/h5-8,10H,2-4H2,1H3,(H,28,31)(H,29,30). The molecule has 12 heteroatoms. The Labute approximate surface area is 178 Å².